The van der Waals surface area contributed by atoms with Gasteiger partial charge < -0.3 is 10.6 Å². The van der Waals surface area contributed by atoms with E-state index in [0.717, 1.165) is 18.7 Å². The molecule has 3 rings (SSSR count). The van der Waals surface area contributed by atoms with Gasteiger partial charge in [0, 0.05) is 24.1 Å². The Labute approximate surface area is 130 Å². The molecule has 0 spiro atoms. The van der Waals surface area contributed by atoms with Gasteiger partial charge in [-0.2, -0.15) is 0 Å². The highest BCUT2D eigenvalue weighted by Gasteiger charge is 2.13. The third-order valence-electron chi connectivity index (χ3n) is 3.53. The molecule has 0 radical (unpaired) electrons. The zero-order valence-electron chi connectivity index (χ0n) is 11.2. The van der Waals surface area contributed by atoms with Crippen LogP contribution in [0.4, 0.5) is 4.39 Å². The van der Waals surface area contributed by atoms with E-state index in [2.05, 4.69) is 38.7 Å². The fraction of sp³-hybridized carbons (Fsp3) is 0.188. The molecule has 2 N–H and O–H groups in total. The van der Waals surface area contributed by atoms with Gasteiger partial charge in [0.2, 0.25) is 0 Å². The van der Waals surface area contributed by atoms with E-state index in [4.69, 9.17) is 0 Å². The number of hydrogen-bond acceptors (Lipinski definition) is 2. The number of fused-ring (bicyclic) bond motifs is 1. The maximum atomic E-state index is 13.7. The molecule has 2 aromatic carbocycles. The van der Waals surface area contributed by atoms with Gasteiger partial charge in [0.25, 0.3) is 5.91 Å². The Kier molecular flexibility index (Phi) is 4.03. The largest absolute Gasteiger partial charge is 0.348 e. The Hall–Kier alpha value is -1.72. The van der Waals surface area contributed by atoms with Crippen LogP contribution in [0.25, 0.3) is 0 Å². The Morgan fingerprint density at radius 1 is 1.19 bits per heavy atom. The first-order chi connectivity index (χ1) is 10.1. The molecule has 3 nitrogen and oxygen atoms in total. The highest BCUT2D eigenvalue weighted by molar-refractivity contribution is 9.10. The van der Waals surface area contributed by atoms with Crippen molar-refractivity contribution in [3.63, 3.8) is 0 Å². The number of hydrogen-bond donors (Lipinski definition) is 2. The highest BCUT2D eigenvalue weighted by atomic mass is 79.9. The fourth-order valence-corrected chi connectivity index (χ4v) is 2.74. The molecule has 1 aliphatic rings. The summed E-state index contributed by atoms with van der Waals surface area (Å²) in [5, 5.41) is 6.03. The molecule has 1 heterocycles. The molecule has 2 aromatic rings. The van der Waals surface area contributed by atoms with Crippen molar-refractivity contribution in [1.82, 2.24) is 10.6 Å². The zero-order valence-corrected chi connectivity index (χ0v) is 12.8. The molecule has 0 bridgehead atoms. The van der Waals surface area contributed by atoms with E-state index in [1.165, 1.54) is 23.3 Å². The van der Waals surface area contributed by atoms with Gasteiger partial charge in [-0.15, -0.1) is 0 Å². The minimum Gasteiger partial charge on any atom is -0.348 e. The maximum absolute atomic E-state index is 13.7. The fourth-order valence-electron chi connectivity index (χ4n) is 2.41. The first-order valence-electron chi connectivity index (χ1n) is 6.68. The second-order valence-electron chi connectivity index (χ2n) is 5.01. The van der Waals surface area contributed by atoms with Crippen molar-refractivity contribution in [3.05, 3.63) is 68.9 Å². The van der Waals surface area contributed by atoms with Gasteiger partial charge >= 0.3 is 0 Å². The Bertz CT molecular complexity index is 703. The summed E-state index contributed by atoms with van der Waals surface area (Å²) in [7, 11) is 0. The molecule has 0 aromatic heterocycles. The summed E-state index contributed by atoms with van der Waals surface area (Å²) in [6.07, 6.45) is 0. The topological polar surface area (TPSA) is 41.1 Å². The van der Waals surface area contributed by atoms with Crippen LogP contribution in [0.2, 0.25) is 0 Å². The molecule has 1 amide bonds. The van der Waals surface area contributed by atoms with Crippen LogP contribution >= 0.6 is 15.9 Å². The molecule has 0 fully saturated rings. The molecular formula is C16H14BrFN2O. The van der Waals surface area contributed by atoms with Crippen LogP contribution in [-0.4, -0.2) is 5.91 Å². The summed E-state index contributed by atoms with van der Waals surface area (Å²) >= 11 is 3.17. The summed E-state index contributed by atoms with van der Waals surface area (Å²) in [6, 6.07) is 10.5. The van der Waals surface area contributed by atoms with Crippen LogP contribution in [0.15, 0.2) is 40.9 Å². The minimum atomic E-state index is -0.528. The highest BCUT2D eigenvalue weighted by Crippen LogP contribution is 2.18. The molecule has 1 aliphatic heterocycles. The van der Waals surface area contributed by atoms with Gasteiger partial charge in [-0.3, -0.25) is 4.79 Å². The van der Waals surface area contributed by atoms with Crippen molar-refractivity contribution in [3.8, 4) is 0 Å². The molecule has 0 saturated heterocycles. The smallest absolute Gasteiger partial charge is 0.254 e. The average Bonchev–Trinajstić information content (AvgIpc) is 2.92. The first kappa shape index (κ1) is 14.2. The van der Waals surface area contributed by atoms with E-state index < -0.39 is 11.7 Å². The zero-order chi connectivity index (χ0) is 14.8. The normalized spacial score (nSPS) is 13.0. The molecule has 108 valence electrons. The monoisotopic (exact) mass is 348 g/mol. The van der Waals surface area contributed by atoms with Gasteiger partial charge in [0.05, 0.1) is 5.56 Å². The number of carbonyl (C=O) groups is 1. The number of benzene rings is 2. The number of rotatable bonds is 3. The summed E-state index contributed by atoms with van der Waals surface area (Å²) in [5.41, 5.74) is 3.63. The molecule has 0 atom stereocenters. The molecule has 0 unspecified atom stereocenters. The predicted octanol–water partition coefficient (Wildman–Crippen LogP) is 3.12. The van der Waals surface area contributed by atoms with Gasteiger partial charge in [-0.1, -0.05) is 34.1 Å². The van der Waals surface area contributed by atoms with Crippen molar-refractivity contribution in [2.45, 2.75) is 19.6 Å². The van der Waals surface area contributed by atoms with Crippen molar-refractivity contribution >= 4 is 21.8 Å². The predicted molar refractivity (Wildman–Crippen MR) is 82.3 cm³/mol. The summed E-state index contributed by atoms with van der Waals surface area (Å²) in [5.74, 6) is -0.932. The molecule has 21 heavy (non-hydrogen) atoms. The number of nitrogens with one attached hydrogen (secondary N) is 2. The van der Waals surface area contributed by atoms with Gasteiger partial charge in [0.15, 0.2) is 0 Å². The van der Waals surface area contributed by atoms with Crippen LogP contribution in [0, 0.1) is 5.82 Å². The minimum absolute atomic E-state index is 0.0565. The summed E-state index contributed by atoms with van der Waals surface area (Å²) in [6.45, 7) is 2.14. The molecular weight excluding hydrogens is 335 g/mol. The van der Waals surface area contributed by atoms with E-state index in [-0.39, 0.29) is 5.56 Å². The SMILES string of the molecule is O=C(NCc1ccc2c(c1)CNC2)c1ccc(Br)cc1F. The number of carbonyl (C=O) groups excluding carboxylic acids is 1. The van der Waals surface area contributed by atoms with Crippen molar-refractivity contribution in [2.24, 2.45) is 0 Å². The Morgan fingerprint density at radius 3 is 2.81 bits per heavy atom. The lowest BCUT2D eigenvalue weighted by Crippen LogP contribution is -2.23. The van der Waals surface area contributed by atoms with E-state index in [1.807, 2.05) is 6.07 Å². The van der Waals surface area contributed by atoms with E-state index in [1.54, 1.807) is 6.07 Å². The van der Waals surface area contributed by atoms with Crippen molar-refractivity contribution in [1.29, 1.82) is 0 Å². The number of halogens is 2. The third-order valence-corrected chi connectivity index (χ3v) is 4.02. The Morgan fingerprint density at radius 2 is 2.00 bits per heavy atom. The van der Waals surface area contributed by atoms with Crippen molar-refractivity contribution in [2.75, 3.05) is 0 Å². The number of amides is 1. The van der Waals surface area contributed by atoms with Gasteiger partial charge in [-0.05, 0) is 34.9 Å². The average molecular weight is 349 g/mol. The summed E-state index contributed by atoms with van der Waals surface area (Å²) < 4.78 is 14.3. The lowest BCUT2D eigenvalue weighted by Gasteiger charge is -2.08. The lowest BCUT2D eigenvalue weighted by molar-refractivity contribution is 0.0947. The molecule has 5 heteroatoms. The van der Waals surface area contributed by atoms with E-state index >= 15 is 0 Å². The second-order valence-corrected chi connectivity index (χ2v) is 5.93. The standard InChI is InChI=1S/C16H14BrFN2O/c17-13-3-4-14(15(18)6-13)16(21)20-7-10-1-2-11-8-19-9-12(11)5-10/h1-6,19H,7-9H2,(H,20,21). The lowest BCUT2D eigenvalue weighted by atomic mass is 10.1. The summed E-state index contributed by atoms with van der Waals surface area (Å²) in [4.78, 5) is 12.0. The van der Waals surface area contributed by atoms with E-state index in [0.29, 0.717) is 11.0 Å². The first-order valence-corrected chi connectivity index (χ1v) is 7.47. The third kappa shape index (κ3) is 3.14. The Balaban J connectivity index is 1.68. The van der Waals surface area contributed by atoms with Gasteiger partial charge in [0.1, 0.15) is 5.82 Å². The second kappa shape index (κ2) is 5.95. The van der Waals surface area contributed by atoms with Crippen LogP contribution in [0.1, 0.15) is 27.0 Å². The van der Waals surface area contributed by atoms with Crippen LogP contribution in [-0.2, 0) is 19.6 Å². The van der Waals surface area contributed by atoms with E-state index in [9.17, 15) is 9.18 Å². The van der Waals surface area contributed by atoms with Crippen LogP contribution in [0.5, 0.6) is 0 Å². The molecule has 0 saturated carbocycles. The molecule has 0 aliphatic carbocycles. The van der Waals surface area contributed by atoms with Crippen LogP contribution < -0.4 is 10.6 Å². The quantitative estimate of drug-likeness (QED) is 0.894. The van der Waals surface area contributed by atoms with Crippen LogP contribution in [0.3, 0.4) is 0 Å². The van der Waals surface area contributed by atoms with Gasteiger partial charge in [-0.25, -0.2) is 4.39 Å². The van der Waals surface area contributed by atoms with Crippen molar-refractivity contribution < 1.29 is 9.18 Å². The maximum Gasteiger partial charge on any atom is 0.254 e.